The molecule has 0 unspecified atom stereocenters. The molecule has 146 valence electrons. The van der Waals surface area contributed by atoms with Crippen LogP contribution in [0.3, 0.4) is 0 Å². The van der Waals surface area contributed by atoms with E-state index in [9.17, 15) is 4.79 Å². The number of thioether (sulfide) groups is 1. The summed E-state index contributed by atoms with van der Waals surface area (Å²) in [6, 6.07) is 13.1. The van der Waals surface area contributed by atoms with Crippen LogP contribution in [-0.2, 0) is 11.4 Å². The quantitative estimate of drug-likeness (QED) is 0.423. The normalized spacial score (nSPS) is 15.4. The van der Waals surface area contributed by atoms with Gasteiger partial charge in [-0.3, -0.25) is 9.69 Å². The predicted octanol–water partition coefficient (Wildman–Crippen LogP) is 5.54. The van der Waals surface area contributed by atoms with Crippen LogP contribution >= 0.6 is 35.6 Å². The minimum Gasteiger partial charge on any atom is -0.493 e. The van der Waals surface area contributed by atoms with E-state index in [-0.39, 0.29) is 5.91 Å². The molecule has 2 aromatic carbocycles. The molecule has 0 aliphatic carbocycles. The average Bonchev–Trinajstić information content (AvgIpc) is 2.96. The van der Waals surface area contributed by atoms with Crippen molar-refractivity contribution < 1.29 is 14.3 Å². The Kier molecular flexibility index (Phi) is 6.99. The zero-order valence-corrected chi connectivity index (χ0v) is 18.0. The Labute approximate surface area is 179 Å². The molecule has 0 aromatic heterocycles. The summed E-state index contributed by atoms with van der Waals surface area (Å²) in [6.07, 6.45) is 2.67. The molecule has 4 nitrogen and oxygen atoms in total. The van der Waals surface area contributed by atoms with Gasteiger partial charge in [0, 0.05) is 17.1 Å². The summed E-state index contributed by atoms with van der Waals surface area (Å²) >= 11 is 12.6. The molecule has 1 aliphatic rings. The third-order valence-electron chi connectivity index (χ3n) is 4.13. The van der Waals surface area contributed by atoms with Gasteiger partial charge >= 0.3 is 0 Å². The lowest BCUT2D eigenvalue weighted by Crippen LogP contribution is -2.28. The van der Waals surface area contributed by atoms with Crippen molar-refractivity contribution in [2.24, 2.45) is 0 Å². The molecule has 2 aromatic rings. The van der Waals surface area contributed by atoms with Crippen molar-refractivity contribution in [2.45, 2.75) is 20.0 Å². The molecule has 1 fully saturated rings. The lowest BCUT2D eigenvalue weighted by Gasteiger charge is -2.14. The number of para-hydroxylation sites is 1. The van der Waals surface area contributed by atoms with E-state index in [1.807, 2.05) is 55.5 Å². The molecule has 1 amide bonds. The molecular weight excluding hydrogens is 414 g/mol. The molecule has 0 atom stereocenters. The third kappa shape index (κ3) is 4.69. The first kappa shape index (κ1) is 20.7. The first-order valence-corrected chi connectivity index (χ1v) is 10.4. The van der Waals surface area contributed by atoms with Gasteiger partial charge in [0.1, 0.15) is 10.9 Å². The molecule has 7 heteroatoms. The summed E-state index contributed by atoms with van der Waals surface area (Å²) < 4.78 is 12.1. The molecule has 1 aliphatic heterocycles. The van der Waals surface area contributed by atoms with E-state index >= 15 is 0 Å². The fourth-order valence-electron chi connectivity index (χ4n) is 2.76. The number of carbonyl (C=O) groups is 1. The first-order valence-electron chi connectivity index (χ1n) is 8.83. The fourth-order valence-corrected chi connectivity index (χ4v) is 4.18. The van der Waals surface area contributed by atoms with Crippen molar-refractivity contribution in [1.29, 1.82) is 0 Å². The number of benzene rings is 2. The highest BCUT2D eigenvalue weighted by Gasteiger charge is 2.31. The van der Waals surface area contributed by atoms with Gasteiger partial charge in [-0.05, 0) is 36.3 Å². The minimum absolute atomic E-state index is 0.0664. The van der Waals surface area contributed by atoms with E-state index in [1.54, 1.807) is 12.0 Å². The van der Waals surface area contributed by atoms with Crippen molar-refractivity contribution >= 4 is 51.9 Å². The van der Waals surface area contributed by atoms with Crippen LogP contribution in [0, 0.1) is 0 Å². The lowest BCUT2D eigenvalue weighted by atomic mass is 10.1. The standard InChI is InChI=1S/C21H20ClNO3S2/c1-3-11-23-20(24)18(28-21(23)27)12-15-5-4-6-17(25-2)19(15)26-13-14-7-9-16(22)10-8-14/h4-10,12H,3,11,13H2,1-2H3. The van der Waals surface area contributed by atoms with E-state index in [4.69, 9.17) is 33.3 Å². The van der Waals surface area contributed by atoms with Gasteiger partial charge < -0.3 is 9.47 Å². The fraction of sp³-hybridized carbons (Fsp3) is 0.238. The maximum atomic E-state index is 12.7. The number of thiocarbonyl (C=S) groups is 1. The summed E-state index contributed by atoms with van der Waals surface area (Å²) in [7, 11) is 1.59. The zero-order chi connectivity index (χ0) is 20.1. The van der Waals surface area contributed by atoms with Crippen molar-refractivity contribution in [2.75, 3.05) is 13.7 Å². The summed E-state index contributed by atoms with van der Waals surface area (Å²) in [5.41, 5.74) is 1.75. The van der Waals surface area contributed by atoms with Gasteiger partial charge in [0.15, 0.2) is 11.5 Å². The Balaban J connectivity index is 1.88. The monoisotopic (exact) mass is 433 g/mol. The van der Waals surface area contributed by atoms with Crippen LogP contribution < -0.4 is 9.47 Å². The van der Waals surface area contributed by atoms with Crippen LogP contribution in [0.25, 0.3) is 6.08 Å². The Bertz CT molecular complexity index is 912. The second-order valence-corrected chi connectivity index (χ2v) is 8.24. The number of methoxy groups -OCH3 is 1. The highest BCUT2D eigenvalue weighted by molar-refractivity contribution is 8.26. The summed E-state index contributed by atoms with van der Waals surface area (Å²) in [6.45, 7) is 3.00. The molecule has 28 heavy (non-hydrogen) atoms. The van der Waals surface area contributed by atoms with E-state index < -0.39 is 0 Å². The van der Waals surface area contributed by atoms with Gasteiger partial charge in [-0.1, -0.05) is 66.8 Å². The van der Waals surface area contributed by atoms with Crippen molar-refractivity contribution in [3.63, 3.8) is 0 Å². The molecule has 1 heterocycles. The zero-order valence-electron chi connectivity index (χ0n) is 15.6. The summed E-state index contributed by atoms with van der Waals surface area (Å²) in [4.78, 5) is 14.9. The minimum atomic E-state index is -0.0664. The highest BCUT2D eigenvalue weighted by atomic mass is 35.5. The topological polar surface area (TPSA) is 38.8 Å². The molecule has 0 spiro atoms. The van der Waals surface area contributed by atoms with Gasteiger partial charge in [-0.2, -0.15) is 0 Å². The van der Waals surface area contributed by atoms with Gasteiger partial charge in [0.2, 0.25) is 0 Å². The second kappa shape index (κ2) is 9.45. The lowest BCUT2D eigenvalue weighted by molar-refractivity contribution is -0.122. The average molecular weight is 434 g/mol. The van der Waals surface area contributed by atoms with Crippen LogP contribution in [0.5, 0.6) is 11.5 Å². The number of hydrogen-bond donors (Lipinski definition) is 0. The first-order chi connectivity index (χ1) is 13.5. The van der Waals surface area contributed by atoms with Gasteiger partial charge in [0.05, 0.1) is 12.0 Å². The van der Waals surface area contributed by atoms with Crippen LogP contribution in [0.15, 0.2) is 47.4 Å². The van der Waals surface area contributed by atoms with Crippen LogP contribution in [0.2, 0.25) is 5.02 Å². The summed E-state index contributed by atoms with van der Waals surface area (Å²) in [5, 5.41) is 0.677. The SMILES string of the molecule is CCCN1C(=O)C(=Cc2cccc(OC)c2OCc2ccc(Cl)cc2)SC1=S. The Morgan fingerprint density at radius 3 is 2.64 bits per heavy atom. The highest BCUT2D eigenvalue weighted by Crippen LogP contribution is 2.38. The Morgan fingerprint density at radius 2 is 1.96 bits per heavy atom. The number of hydrogen-bond acceptors (Lipinski definition) is 5. The molecule has 0 bridgehead atoms. The summed E-state index contributed by atoms with van der Waals surface area (Å²) in [5.74, 6) is 1.12. The number of amides is 1. The van der Waals surface area contributed by atoms with E-state index in [1.165, 1.54) is 11.8 Å². The third-order valence-corrected chi connectivity index (χ3v) is 5.76. The van der Waals surface area contributed by atoms with Crippen molar-refractivity contribution in [3.05, 3.63) is 63.5 Å². The molecule has 0 N–H and O–H groups in total. The van der Waals surface area contributed by atoms with Crippen LogP contribution in [-0.4, -0.2) is 28.8 Å². The smallest absolute Gasteiger partial charge is 0.266 e. The maximum Gasteiger partial charge on any atom is 0.266 e. The van der Waals surface area contributed by atoms with Gasteiger partial charge in [0.25, 0.3) is 5.91 Å². The molecular formula is C21H20ClNO3S2. The number of nitrogens with zero attached hydrogens (tertiary/aromatic N) is 1. The van der Waals surface area contributed by atoms with E-state index in [0.29, 0.717) is 38.9 Å². The van der Waals surface area contributed by atoms with Crippen LogP contribution in [0.4, 0.5) is 0 Å². The molecule has 0 radical (unpaired) electrons. The van der Waals surface area contributed by atoms with Crippen molar-refractivity contribution in [3.8, 4) is 11.5 Å². The number of carbonyl (C=O) groups excluding carboxylic acids is 1. The van der Waals surface area contributed by atoms with Crippen LogP contribution in [0.1, 0.15) is 24.5 Å². The molecule has 1 saturated heterocycles. The van der Waals surface area contributed by atoms with Gasteiger partial charge in [-0.15, -0.1) is 0 Å². The van der Waals surface area contributed by atoms with Gasteiger partial charge in [-0.25, -0.2) is 0 Å². The number of rotatable bonds is 7. The second-order valence-electron chi connectivity index (χ2n) is 6.13. The number of ether oxygens (including phenoxy) is 2. The maximum absolute atomic E-state index is 12.7. The van der Waals surface area contributed by atoms with Crippen molar-refractivity contribution in [1.82, 2.24) is 4.90 Å². The Hall–Kier alpha value is -2.02. The number of halogens is 1. The molecule has 0 saturated carbocycles. The predicted molar refractivity (Wildman–Crippen MR) is 119 cm³/mol. The molecule has 3 rings (SSSR count). The van der Waals surface area contributed by atoms with E-state index in [0.717, 1.165) is 17.5 Å². The largest absolute Gasteiger partial charge is 0.493 e. The van der Waals surface area contributed by atoms with E-state index in [2.05, 4.69) is 0 Å². The Morgan fingerprint density at radius 1 is 1.21 bits per heavy atom.